The average Bonchev–Trinajstić information content (AvgIpc) is 3.36. The fourth-order valence-corrected chi connectivity index (χ4v) is 9.79. The molecule has 0 atom stereocenters. The van der Waals surface area contributed by atoms with E-state index in [4.69, 9.17) is 0 Å². The molecule has 0 aliphatic carbocycles. The van der Waals surface area contributed by atoms with Crippen LogP contribution >= 0.6 is 0 Å². The van der Waals surface area contributed by atoms with Crippen LogP contribution in [0.15, 0.2) is 158 Å². The number of rotatable bonds is 4. The molecule has 0 bridgehead atoms. The van der Waals surface area contributed by atoms with Gasteiger partial charge in [0.05, 0.1) is 0 Å². The van der Waals surface area contributed by atoms with Crippen LogP contribution in [0.4, 0.5) is 0 Å². The van der Waals surface area contributed by atoms with E-state index in [1.54, 1.807) is 16.6 Å². The molecule has 1 aliphatic rings. The molecule has 3 heterocycles. The molecule has 5 aromatic carbocycles. The number of aromatic nitrogens is 2. The molecule has 0 amide bonds. The first-order chi connectivity index (χ1) is 22.1. The molecule has 2 nitrogen and oxygen atoms in total. The number of nitrogens with zero attached hydrogens (tertiary/aromatic N) is 2. The van der Waals surface area contributed by atoms with Crippen LogP contribution in [0.3, 0.4) is 0 Å². The normalized spacial score (nSPS) is 12.1. The van der Waals surface area contributed by atoms with E-state index in [2.05, 4.69) is 114 Å². The molecule has 0 saturated carbocycles. The first-order valence-corrected chi connectivity index (χ1v) is 18.2. The van der Waals surface area contributed by atoms with Gasteiger partial charge in [-0.2, -0.15) is 0 Å². The van der Waals surface area contributed by atoms with Crippen LogP contribution in [0.2, 0.25) is 13.1 Å². The summed E-state index contributed by atoms with van der Waals surface area (Å²) in [6, 6.07) is 57.2. The molecule has 8 rings (SSSR count). The van der Waals surface area contributed by atoms with Gasteiger partial charge in [0, 0.05) is 32.5 Å². The summed E-state index contributed by atoms with van der Waals surface area (Å²) in [4.78, 5) is 8.69. The zero-order chi connectivity index (χ0) is 30.6. The minimum absolute atomic E-state index is 0. The Morgan fingerprint density at radius 2 is 1.09 bits per heavy atom. The Hall–Kier alpha value is -4.73. The van der Waals surface area contributed by atoms with E-state index in [1.165, 1.54) is 33.4 Å². The number of benzene rings is 5. The molecule has 1 aliphatic heterocycles. The number of pyridine rings is 2. The maximum Gasteiger partial charge on any atom is 0.114 e. The quantitative estimate of drug-likeness (QED) is 0.132. The Morgan fingerprint density at radius 3 is 1.78 bits per heavy atom. The van der Waals surface area contributed by atoms with Crippen molar-refractivity contribution in [3.63, 3.8) is 0 Å². The molecule has 0 N–H and O–H groups in total. The molecular weight excluding hydrogens is 753 g/mol. The van der Waals surface area contributed by atoms with Gasteiger partial charge in [-0.3, -0.25) is 0 Å². The number of hydrogen-bond donors (Lipinski definition) is 0. The molecule has 4 heteroatoms. The van der Waals surface area contributed by atoms with E-state index in [9.17, 15) is 0 Å². The van der Waals surface area contributed by atoms with Crippen LogP contribution in [-0.4, -0.2) is 18.0 Å². The average molecular weight is 785 g/mol. The minimum atomic E-state index is -1.74. The van der Waals surface area contributed by atoms with Crippen LogP contribution < -0.4 is 10.4 Å². The van der Waals surface area contributed by atoms with Crippen molar-refractivity contribution in [1.82, 2.24) is 9.97 Å². The predicted molar refractivity (Wildman–Crippen MR) is 190 cm³/mol. The Morgan fingerprint density at radius 1 is 0.478 bits per heavy atom. The van der Waals surface area contributed by atoms with Gasteiger partial charge < -0.3 is 9.97 Å². The Balaban J connectivity index is 0.000000241. The van der Waals surface area contributed by atoms with Gasteiger partial charge >= 0.3 is 0 Å². The fourth-order valence-electron chi connectivity index (χ4n) is 6.32. The van der Waals surface area contributed by atoms with Crippen molar-refractivity contribution in [2.75, 3.05) is 0 Å². The molecule has 0 saturated heterocycles. The van der Waals surface area contributed by atoms with Crippen molar-refractivity contribution in [3.05, 3.63) is 170 Å². The SMILES string of the molecule is C[Si]1(C)c2ccccc2-c2cccc(-c3ccc(-c4cc[c-]c(-c5ccccn5)c4)cc3)c21.[Ir].[c-]1ccccc1-c1ccccn1. The largest absolute Gasteiger partial charge is 0.305 e. The first kappa shape index (κ1) is 31.3. The van der Waals surface area contributed by atoms with Crippen LogP contribution in [0.1, 0.15) is 0 Å². The maximum absolute atomic E-state index is 4.47. The third kappa shape index (κ3) is 6.20. The molecule has 0 fully saturated rings. The third-order valence-corrected chi connectivity index (χ3v) is 12.1. The zero-order valence-corrected chi connectivity index (χ0v) is 29.1. The maximum atomic E-state index is 4.47. The molecule has 2 aromatic heterocycles. The van der Waals surface area contributed by atoms with Gasteiger partial charge in [0.1, 0.15) is 8.07 Å². The Labute approximate surface area is 286 Å². The molecule has 0 spiro atoms. The summed E-state index contributed by atoms with van der Waals surface area (Å²) in [5, 5.41) is 3.11. The van der Waals surface area contributed by atoms with Gasteiger partial charge in [0.25, 0.3) is 0 Å². The molecular formula is C42H32IrN2Si-2. The summed E-state index contributed by atoms with van der Waals surface area (Å²) in [6.45, 7) is 4.96. The second kappa shape index (κ2) is 13.7. The topological polar surface area (TPSA) is 25.8 Å². The van der Waals surface area contributed by atoms with Crippen LogP contribution in [-0.2, 0) is 20.1 Å². The minimum Gasteiger partial charge on any atom is -0.305 e. The first-order valence-electron chi connectivity index (χ1n) is 15.2. The van der Waals surface area contributed by atoms with E-state index >= 15 is 0 Å². The molecule has 1 radical (unpaired) electrons. The Bertz CT molecular complexity index is 2020. The van der Waals surface area contributed by atoms with Gasteiger partial charge in [-0.1, -0.05) is 104 Å². The molecule has 46 heavy (non-hydrogen) atoms. The summed E-state index contributed by atoms with van der Waals surface area (Å²) >= 11 is 0. The van der Waals surface area contributed by atoms with Crippen LogP contribution in [0.5, 0.6) is 0 Å². The van der Waals surface area contributed by atoms with E-state index in [0.29, 0.717) is 0 Å². The van der Waals surface area contributed by atoms with Gasteiger partial charge in [-0.05, 0) is 61.7 Å². The van der Waals surface area contributed by atoms with Crippen molar-refractivity contribution >= 4 is 18.4 Å². The van der Waals surface area contributed by atoms with Crippen molar-refractivity contribution < 1.29 is 20.1 Å². The van der Waals surface area contributed by atoms with Crippen molar-refractivity contribution in [2.45, 2.75) is 13.1 Å². The number of fused-ring (bicyclic) bond motifs is 3. The van der Waals surface area contributed by atoms with E-state index in [-0.39, 0.29) is 20.1 Å². The molecule has 0 unspecified atom stereocenters. The van der Waals surface area contributed by atoms with Crippen molar-refractivity contribution in [3.8, 4) is 55.9 Å². The molecule has 225 valence electrons. The van der Waals surface area contributed by atoms with Gasteiger partial charge in [-0.25, -0.2) is 0 Å². The van der Waals surface area contributed by atoms with E-state index in [0.717, 1.165) is 22.5 Å². The van der Waals surface area contributed by atoms with Crippen LogP contribution in [0, 0.1) is 12.1 Å². The second-order valence-corrected chi connectivity index (χ2v) is 16.0. The summed E-state index contributed by atoms with van der Waals surface area (Å²) in [7, 11) is -1.74. The smallest absolute Gasteiger partial charge is 0.114 e. The summed E-state index contributed by atoms with van der Waals surface area (Å²) in [6.07, 6.45) is 3.61. The van der Waals surface area contributed by atoms with Crippen molar-refractivity contribution in [2.24, 2.45) is 0 Å². The second-order valence-electron chi connectivity index (χ2n) is 11.7. The predicted octanol–water partition coefficient (Wildman–Crippen LogP) is 9.23. The van der Waals surface area contributed by atoms with Crippen LogP contribution in [0.25, 0.3) is 55.9 Å². The zero-order valence-electron chi connectivity index (χ0n) is 25.7. The standard InChI is InChI=1S/C31H24NSi.C11H8N.Ir/c1-33(2)30-15-4-3-11-27(30)28-13-8-12-26(31(28)33)23-18-16-22(17-19-23)24-9-7-10-25(21-24)29-14-5-6-20-32-29;1-2-6-10(7-3-1)11-8-4-5-9-12-11;/h3-9,11-21H,1-2H3;1-6,8-9H;/q2*-1;. The van der Waals surface area contributed by atoms with Gasteiger partial charge in [0.15, 0.2) is 0 Å². The van der Waals surface area contributed by atoms with Crippen molar-refractivity contribution in [1.29, 1.82) is 0 Å². The summed E-state index contributed by atoms with van der Waals surface area (Å²) < 4.78 is 0. The summed E-state index contributed by atoms with van der Waals surface area (Å²) in [5.74, 6) is 0. The van der Waals surface area contributed by atoms with Gasteiger partial charge in [0.2, 0.25) is 0 Å². The third-order valence-electron chi connectivity index (χ3n) is 8.50. The van der Waals surface area contributed by atoms with E-state index in [1.807, 2.05) is 72.9 Å². The van der Waals surface area contributed by atoms with Gasteiger partial charge in [-0.15, -0.1) is 71.3 Å². The number of hydrogen-bond acceptors (Lipinski definition) is 2. The van der Waals surface area contributed by atoms with E-state index < -0.39 is 8.07 Å². The molecule has 7 aromatic rings. The monoisotopic (exact) mass is 785 g/mol. The Kier molecular flexibility index (Phi) is 9.32. The fraction of sp³-hybridized carbons (Fsp3) is 0.0476. The summed E-state index contributed by atoms with van der Waals surface area (Å²) in [5.41, 5.74) is 11.9.